The number of amides is 2. The fraction of sp³-hybridized carbons (Fsp3) is 0.609. The monoisotopic (exact) mass is 484 g/mol. The molecule has 4 aliphatic rings. The lowest BCUT2D eigenvalue weighted by atomic mass is 9.57. The molecule has 0 spiro atoms. The van der Waals surface area contributed by atoms with Gasteiger partial charge in [0.2, 0.25) is 11.8 Å². The zero-order valence-corrected chi connectivity index (χ0v) is 18.4. The van der Waals surface area contributed by atoms with Crippen molar-refractivity contribution in [3.8, 4) is 6.07 Å². The van der Waals surface area contributed by atoms with Crippen LogP contribution in [0.4, 0.5) is 27.6 Å². The maximum absolute atomic E-state index is 14.2. The van der Waals surface area contributed by atoms with Gasteiger partial charge >= 0.3 is 6.18 Å². The molecule has 3 aliphatic carbocycles. The number of hydrogen-bond donors (Lipinski definition) is 2. The fourth-order valence-electron chi connectivity index (χ4n) is 5.39. The third-order valence-electron chi connectivity index (χ3n) is 7.61. The van der Waals surface area contributed by atoms with E-state index in [1.807, 2.05) is 6.07 Å². The lowest BCUT2D eigenvalue weighted by Gasteiger charge is -2.52. The van der Waals surface area contributed by atoms with Gasteiger partial charge in [0, 0.05) is 17.4 Å². The SMILES string of the molecule is N#C[C@@H]1C[C@H](F)CN1C(=O)CNC12CCC(C(=O)Nc3ccc(C(F)(F)F)cc3F)(CC1)CC2. The molecule has 11 heteroatoms. The summed E-state index contributed by atoms with van der Waals surface area (Å²) in [5.74, 6) is -1.90. The first kappa shape index (κ1) is 24.4. The Morgan fingerprint density at radius 1 is 1.15 bits per heavy atom. The summed E-state index contributed by atoms with van der Waals surface area (Å²) in [4.78, 5) is 26.8. The lowest BCUT2D eigenvalue weighted by Crippen LogP contribution is -2.59. The Balaban J connectivity index is 1.34. The second kappa shape index (κ2) is 8.80. The van der Waals surface area contributed by atoms with Gasteiger partial charge in [-0.15, -0.1) is 0 Å². The van der Waals surface area contributed by atoms with Crippen LogP contribution in [0.2, 0.25) is 0 Å². The third kappa shape index (κ3) is 4.60. The van der Waals surface area contributed by atoms with Crippen LogP contribution in [0, 0.1) is 22.6 Å². The Morgan fingerprint density at radius 3 is 2.35 bits per heavy atom. The Labute approximate surface area is 193 Å². The highest BCUT2D eigenvalue weighted by molar-refractivity contribution is 5.95. The van der Waals surface area contributed by atoms with E-state index in [9.17, 15) is 31.5 Å². The molecule has 1 heterocycles. The number of rotatable bonds is 5. The van der Waals surface area contributed by atoms with Crippen LogP contribution in [0.25, 0.3) is 0 Å². The second-order valence-corrected chi connectivity index (χ2v) is 9.58. The van der Waals surface area contributed by atoms with Crippen LogP contribution in [-0.2, 0) is 15.8 Å². The predicted molar refractivity (Wildman–Crippen MR) is 112 cm³/mol. The Hall–Kier alpha value is -2.74. The summed E-state index contributed by atoms with van der Waals surface area (Å²) in [6.45, 7) is -0.115. The lowest BCUT2D eigenvalue weighted by molar-refractivity contribution is -0.137. The van der Waals surface area contributed by atoms with Gasteiger partial charge in [-0.1, -0.05) is 0 Å². The van der Waals surface area contributed by atoms with Gasteiger partial charge in [0.15, 0.2) is 0 Å². The van der Waals surface area contributed by atoms with Crippen LogP contribution < -0.4 is 10.6 Å². The van der Waals surface area contributed by atoms with E-state index in [0.717, 1.165) is 12.1 Å². The molecule has 2 atom stereocenters. The van der Waals surface area contributed by atoms with Crippen molar-refractivity contribution in [2.75, 3.05) is 18.4 Å². The molecule has 0 aromatic heterocycles. The first-order valence-corrected chi connectivity index (χ1v) is 11.2. The van der Waals surface area contributed by atoms with Crippen molar-refractivity contribution in [1.82, 2.24) is 10.2 Å². The molecule has 2 amide bonds. The highest BCUT2D eigenvalue weighted by atomic mass is 19.4. The van der Waals surface area contributed by atoms with E-state index in [1.54, 1.807) is 0 Å². The number of hydrogen-bond acceptors (Lipinski definition) is 4. The molecule has 6 nitrogen and oxygen atoms in total. The van der Waals surface area contributed by atoms with Crippen LogP contribution in [0.5, 0.6) is 0 Å². The first-order chi connectivity index (χ1) is 16.0. The van der Waals surface area contributed by atoms with Crippen LogP contribution >= 0.6 is 0 Å². The highest BCUT2D eigenvalue weighted by Gasteiger charge is 2.52. The molecule has 1 aromatic carbocycles. The summed E-state index contributed by atoms with van der Waals surface area (Å²) in [6.07, 6.45) is -2.62. The van der Waals surface area contributed by atoms with Crippen molar-refractivity contribution in [3.05, 3.63) is 29.6 Å². The van der Waals surface area contributed by atoms with Gasteiger partial charge in [0.1, 0.15) is 18.0 Å². The van der Waals surface area contributed by atoms with E-state index < -0.39 is 41.1 Å². The zero-order chi connectivity index (χ0) is 24.7. The molecule has 5 rings (SSSR count). The zero-order valence-electron chi connectivity index (χ0n) is 18.4. The molecule has 0 unspecified atom stereocenters. The molecule has 2 N–H and O–H groups in total. The summed E-state index contributed by atoms with van der Waals surface area (Å²) in [7, 11) is 0. The van der Waals surface area contributed by atoms with Crippen LogP contribution in [0.1, 0.15) is 50.5 Å². The maximum Gasteiger partial charge on any atom is 0.416 e. The van der Waals surface area contributed by atoms with E-state index in [-0.39, 0.29) is 36.6 Å². The number of likely N-dealkylation sites (tertiary alicyclic amines) is 1. The molecule has 34 heavy (non-hydrogen) atoms. The van der Waals surface area contributed by atoms with E-state index in [1.165, 1.54) is 4.90 Å². The number of carbonyl (C=O) groups excluding carboxylic acids is 2. The minimum Gasteiger partial charge on any atom is -0.323 e. The standard InChI is InChI=1S/C23H25F5N4O2/c24-15-10-16(11-29)32(13-15)19(33)12-30-22-6-3-21(4-7-22,5-8-22)20(34)31-18-2-1-14(9-17(18)25)23(26,27)28/h1-2,9,15-16,30H,3-8,10,12-13H2,(H,31,34)/t15-,16-,21?,22?/m0/s1. The average molecular weight is 484 g/mol. The summed E-state index contributed by atoms with van der Waals surface area (Å²) >= 11 is 0. The third-order valence-corrected chi connectivity index (χ3v) is 7.61. The van der Waals surface area contributed by atoms with Crippen LogP contribution in [0.3, 0.4) is 0 Å². The van der Waals surface area contributed by atoms with Gasteiger partial charge in [0.05, 0.1) is 30.4 Å². The number of halogens is 5. The smallest absolute Gasteiger partial charge is 0.323 e. The molecule has 2 bridgehead atoms. The number of nitrogens with zero attached hydrogens (tertiary/aromatic N) is 2. The van der Waals surface area contributed by atoms with Crippen LogP contribution in [-0.4, -0.2) is 47.6 Å². The molecular weight excluding hydrogens is 459 g/mol. The minimum atomic E-state index is -4.68. The largest absolute Gasteiger partial charge is 0.416 e. The molecular formula is C23H25F5N4O2. The number of anilines is 1. The Kier molecular flexibility index (Phi) is 6.31. The molecule has 1 aromatic rings. The average Bonchev–Trinajstić information content (AvgIpc) is 3.20. The van der Waals surface area contributed by atoms with Crippen molar-refractivity contribution >= 4 is 17.5 Å². The second-order valence-electron chi connectivity index (χ2n) is 9.58. The number of carbonyl (C=O) groups is 2. The minimum absolute atomic E-state index is 0.0184. The van der Waals surface area contributed by atoms with Crippen LogP contribution in [0.15, 0.2) is 18.2 Å². The molecule has 4 fully saturated rings. The number of fused-ring (bicyclic) bond motifs is 3. The van der Waals surface area contributed by atoms with E-state index >= 15 is 0 Å². The Bertz CT molecular complexity index is 997. The van der Waals surface area contributed by atoms with E-state index in [0.29, 0.717) is 44.6 Å². The van der Waals surface area contributed by atoms with Gasteiger partial charge in [-0.25, -0.2) is 8.78 Å². The summed E-state index contributed by atoms with van der Waals surface area (Å²) < 4.78 is 66.0. The summed E-state index contributed by atoms with van der Waals surface area (Å²) in [5, 5.41) is 14.9. The number of benzene rings is 1. The van der Waals surface area contributed by atoms with E-state index in [2.05, 4.69) is 10.6 Å². The number of nitriles is 1. The van der Waals surface area contributed by atoms with Crippen molar-refractivity contribution in [1.29, 1.82) is 5.26 Å². The quantitative estimate of drug-likeness (QED) is 0.621. The van der Waals surface area contributed by atoms with Gasteiger partial charge in [-0.3, -0.25) is 9.59 Å². The normalized spacial score (nSPS) is 30.8. The topological polar surface area (TPSA) is 85.2 Å². The summed E-state index contributed by atoms with van der Waals surface area (Å²) in [6, 6.07) is 3.21. The molecule has 0 radical (unpaired) electrons. The predicted octanol–water partition coefficient (Wildman–Crippen LogP) is 3.93. The Morgan fingerprint density at radius 2 is 1.79 bits per heavy atom. The van der Waals surface area contributed by atoms with Crippen molar-refractivity contribution < 1.29 is 31.5 Å². The van der Waals surface area contributed by atoms with E-state index in [4.69, 9.17) is 5.26 Å². The first-order valence-electron chi connectivity index (χ1n) is 11.2. The highest BCUT2D eigenvalue weighted by Crippen LogP contribution is 2.53. The van der Waals surface area contributed by atoms with Crippen molar-refractivity contribution in [2.24, 2.45) is 5.41 Å². The van der Waals surface area contributed by atoms with Gasteiger partial charge in [0.25, 0.3) is 0 Å². The van der Waals surface area contributed by atoms with Crippen molar-refractivity contribution in [3.63, 3.8) is 0 Å². The molecule has 184 valence electrons. The summed E-state index contributed by atoms with van der Waals surface area (Å²) in [5.41, 5.74) is -2.51. The maximum atomic E-state index is 14.2. The van der Waals surface area contributed by atoms with Gasteiger partial charge < -0.3 is 15.5 Å². The molecule has 3 saturated carbocycles. The number of alkyl halides is 4. The van der Waals surface area contributed by atoms with Gasteiger partial charge in [-0.05, 0) is 56.7 Å². The van der Waals surface area contributed by atoms with Crippen molar-refractivity contribution in [2.45, 2.75) is 68.9 Å². The number of nitrogens with one attached hydrogen (secondary N) is 2. The van der Waals surface area contributed by atoms with Gasteiger partial charge in [-0.2, -0.15) is 18.4 Å². The molecule has 1 saturated heterocycles. The molecule has 1 aliphatic heterocycles. The fourth-order valence-corrected chi connectivity index (χ4v) is 5.39.